The Morgan fingerprint density at radius 2 is 1.81 bits per heavy atom. The summed E-state index contributed by atoms with van der Waals surface area (Å²) in [5.41, 5.74) is 1.32. The molecule has 1 fully saturated rings. The Balaban J connectivity index is 2.24. The zero-order valence-electron chi connectivity index (χ0n) is 9.43. The SMILES string of the molecule is Cc1cc(C(F)(F)F)ccc1C1CC(C)C1. The molecule has 0 heterocycles. The van der Waals surface area contributed by atoms with Gasteiger partial charge in [0.25, 0.3) is 0 Å². The average Bonchev–Trinajstić information content (AvgIpc) is 2.12. The van der Waals surface area contributed by atoms with Crippen LogP contribution in [0.3, 0.4) is 0 Å². The number of halogens is 3. The summed E-state index contributed by atoms with van der Waals surface area (Å²) in [4.78, 5) is 0. The predicted molar refractivity (Wildman–Crippen MR) is 57.3 cm³/mol. The van der Waals surface area contributed by atoms with E-state index in [1.54, 1.807) is 13.0 Å². The number of alkyl halides is 3. The van der Waals surface area contributed by atoms with Gasteiger partial charge in [0.2, 0.25) is 0 Å². The van der Waals surface area contributed by atoms with Crippen LogP contribution in [0.5, 0.6) is 0 Å². The number of benzene rings is 1. The van der Waals surface area contributed by atoms with E-state index in [4.69, 9.17) is 0 Å². The highest BCUT2D eigenvalue weighted by atomic mass is 19.4. The van der Waals surface area contributed by atoms with E-state index < -0.39 is 11.7 Å². The van der Waals surface area contributed by atoms with Crippen molar-refractivity contribution in [2.24, 2.45) is 5.92 Å². The van der Waals surface area contributed by atoms with Crippen molar-refractivity contribution in [3.05, 3.63) is 34.9 Å². The Morgan fingerprint density at radius 1 is 1.19 bits per heavy atom. The average molecular weight is 228 g/mol. The summed E-state index contributed by atoms with van der Waals surface area (Å²) in [7, 11) is 0. The Labute approximate surface area is 93.5 Å². The molecule has 0 amide bonds. The molecule has 0 nitrogen and oxygen atoms in total. The van der Waals surface area contributed by atoms with Gasteiger partial charge < -0.3 is 0 Å². The second-order valence-corrected chi connectivity index (χ2v) is 4.84. The van der Waals surface area contributed by atoms with Gasteiger partial charge in [-0.15, -0.1) is 0 Å². The lowest BCUT2D eigenvalue weighted by atomic mass is 9.71. The van der Waals surface area contributed by atoms with Gasteiger partial charge in [-0.3, -0.25) is 0 Å². The summed E-state index contributed by atoms with van der Waals surface area (Å²) < 4.78 is 37.4. The number of rotatable bonds is 1. The second-order valence-electron chi connectivity index (χ2n) is 4.84. The third kappa shape index (κ3) is 2.08. The lowest BCUT2D eigenvalue weighted by Crippen LogP contribution is -2.20. The molecule has 0 N–H and O–H groups in total. The van der Waals surface area contributed by atoms with Gasteiger partial charge in [0, 0.05) is 0 Å². The molecular formula is C13H15F3. The normalized spacial score (nSPS) is 25.3. The molecule has 1 aliphatic rings. The van der Waals surface area contributed by atoms with Crippen molar-refractivity contribution in [2.45, 2.75) is 38.8 Å². The van der Waals surface area contributed by atoms with E-state index in [0.29, 0.717) is 11.8 Å². The minimum atomic E-state index is -4.23. The maximum absolute atomic E-state index is 12.5. The highest BCUT2D eigenvalue weighted by molar-refractivity contribution is 5.35. The van der Waals surface area contributed by atoms with Crippen LogP contribution in [0.25, 0.3) is 0 Å². The van der Waals surface area contributed by atoms with Crippen molar-refractivity contribution >= 4 is 0 Å². The van der Waals surface area contributed by atoms with Crippen molar-refractivity contribution in [2.75, 3.05) is 0 Å². The minimum Gasteiger partial charge on any atom is -0.166 e. The standard InChI is InChI=1S/C13H15F3/c1-8-5-10(6-8)12-4-3-11(7-9(12)2)13(14,15)16/h3-4,7-8,10H,5-6H2,1-2H3. The molecule has 1 aromatic carbocycles. The predicted octanol–water partition coefficient (Wildman–Crippen LogP) is 4.53. The molecule has 0 spiro atoms. The van der Waals surface area contributed by atoms with Crippen molar-refractivity contribution in [3.63, 3.8) is 0 Å². The molecule has 2 rings (SSSR count). The van der Waals surface area contributed by atoms with Crippen LogP contribution >= 0.6 is 0 Å². The lowest BCUT2D eigenvalue weighted by molar-refractivity contribution is -0.137. The van der Waals surface area contributed by atoms with Crippen LogP contribution in [0.1, 0.15) is 42.4 Å². The number of hydrogen-bond donors (Lipinski definition) is 0. The van der Waals surface area contributed by atoms with E-state index in [0.717, 1.165) is 24.0 Å². The largest absolute Gasteiger partial charge is 0.416 e. The topological polar surface area (TPSA) is 0 Å². The molecule has 0 radical (unpaired) electrons. The molecule has 88 valence electrons. The van der Waals surface area contributed by atoms with E-state index >= 15 is 0 Å². The molecule has 1 aromatic rings. The highest BCUT2D eigenvalue weighted by Crippen LogP contribution is 2.43. The Hall–Kier alpha value is -0.990. The quantitative estimate of drug-likeness (QED) is 0.662. The Morgan fingerprint density at radius 3 is 2.25 bits per heavy atom. The molecule has 3 heteroatoms. The minimum absolute atomic E-state index is 0.470. The number of aryl methyl sites for hydroxylation is 1. The molecule has 0 bridgehead atoms. The first-order chi connectivity index (χ1) is 7.38. The first-order valence-corrected chi connectivity index (χ1v) is 5.55. The molecule has 0 aromatic heterocycles. The zero-order chi connectivity index (χ0) is 11.9. The van der Waals surface area contributed by atoms with Gasteiger partial charge >= 0.3 is 6.18 Å². The van der Waals surface area contributed by atoms with Gasteiger partial charge in [-0.25, -0.2) is 0 Å². The number of hydrogen-bond acceptors (Lipinski definition) is 0. The first-order valence-electron chi connectivity index (χ1n) is 5.55. The van der Waals surface area contributed by atoms with Gasteiger partial charge in [-0.2, -0.15) is 13.2 Å². The first kappa shape index (κ1) is 11.5. The van der Waals surface area contributed by atoms with Crippen LogP contribution in [0.4, 0.5) is 13.2 Å². The summed E-state index contributed by atoms with van der Waals surface area (Å²) in [5, 5.41) is 0. The van der Waals surface area contributed by atoms with Gasteiger partial charge in [0.05, 0.1) is 5.56 Å². The van der Waals surface area contributed by atoms with Crippen molar-refractivity contribution in [1.29, 1.82) is 0 Å². The summed E-state index contributed by atoms with van der Waals surface area (Å²) >= 11 is 0. The molecule has 16 heavy (non-hydrogen) atoms. The smallest absolute Gasteiger partial charge is 0.166 e. The van der Waals surface area contributed by atoms with Crippen LogP contribution in [0, 0.1) is 12.8 Å². The van der Waals surface area contributed by atoms with Crippen molar-refractivity contribution in [1.82, 2.24) is 0 Å². The summed E-state index contributed by atoms with van der Waals surface area (Å²) in [6.07, 6.45) is -2.02. The molecule has 1 aliphatic carbocycles. The van der Waals surface area contributed by atoms with Gasteiger partial charge in [0.15, 0.2) is 0 Å². The van der Waals surface area contributed by atoms with Crippen LogP contribution in [0.2, 0.25) is 0 Å². The summed E-state index contributed by atoms with van der Waals surface area (Å²) in [5.74, 6) is 1.18. The Bertz CT molecular complexity index is 387. The molecular weight excluding hydrogens is 213 g/mol. The Kier molecular flexibility index (Phi) is 2.72. The summed E-state index contributed by atoms with van der Waals surface area (Å²) in [6, 6.07) is 4.11. The van der Waals surface area contributed by atoms with Gasteiger partial charge in [-0.1, -0.05) is 13.0 Å². The summed E-state index contributed by atoms with van der Waals surface area (Å²) in [6.45, 7) is 3.95. The van der Waals surface area contributed by atoms with E-state index in [-0.39, 0.29) is 0 Å². The van der Waals surface area contributed by atoms with Crippen LogP contribution in [-0.2, 0) is 6.18 Å². The van der Waals surface area contributed by atoms with E-state index in [1.165, 1.54) is 12.1 Å². The molecule has 0 atom stereocenters. The second kappa shape index (κ2) is 3.79. The van der Waals surface area contributed by atoms with Crippen molar-refractivity contribution < 1.29 is 13.2 Å². The zero-order valence-corrected chi connectivity index (χ0v) is 9.43. The third-order valence-electron chi connectivity index (χ3n) is 3.41. The van der Waals surface area contributed by atoms with Crippen molar-refractivity contribution in [3.8, 4) is 0 Å². The lowest BCUT2D eigenvalue weighted by Gasteiger charge is -2.34. The van der Waals surface area contributed by atoms with E-state index in [9.17, 15) is 13.2 Å². The van der Waals surface area contributed by atoms with E-state index in [2.05, 4.69) is 6.92 Å². The van der Waals surface area contributed by atoms with Crippen LogP contribution in [0.15, 0.2) is 18.2 Å². The monoisotopic (exact) mass is 228 g/mol. The fourth-order valence-corrected chi connectivity index (χ4v) is 2.47. The fourth-order valence-electron chi connectivity index (χ4n) is 2.47. The maximum atomic E-state index is 12.5. The van der Waals surface area contributed by atoms with Crippen LogP contribution in [-0.4, -0.2) is 0 Å². The maximum Gasteiger partial charge on any atom is 0.416 e. The van der Waals surface area contributed by atoms with E-state index in [1.807, 2.05) is 0 Å². The molecule has 0 unspecified atom stereocenters. The molecule has 0 saturated heterocycles. The third-order valence-corrected chi connectivity index (χ3v) is 3.41. The fraction of sp³-hybridized carbons (Fsp3) is 0.538. The van der Waals surface area contributed by atoms with Gasteiger partial charge in [-0.05, 0) is 54.9 Å². The van der Waals surface area contributed by atoms with Crippen LogP contribution < -0.4 is 0 Å². The highest BCUT2D eigenvalue weighted by Gasteiger charge is 2.32. The molecule has 0 aliphatic heterocycles. The van der Waals surface area contributed by atoms with Gasteiger partial charge in [0.1, 0.15) is 0 Å². The molecule has 1 saturated carbocycles.